The maximum absolute atomic E-state index is 10.3. The second-order valence-corrected chi connectivity index (χ2v) is 4.12. The second-order valence-electron chi connectivity index (χ2n) is 1.51. The molecule has 3 heteroatoms. The molecule has 0 bridgehead atoms. The van der Waals surface area contributed by atoms with Gasteiger partial charge in [-0.1, -0.05) is 15.9 Å². The molecular weight excluding hydrogens is 295 g/mol. The minimum absolute atomic E-state index is 0.942. The highest BCUT2D eigenvalue weighted by atomic mass is 127. The molecule has 1 aromatic carbocycles. The summed E-state index contributed by atoms with van der Waals surface area (Å²) in [5.74, 6) is 0. The van der Waals surface area contributed by atoms with Crippen molar-refractivity contribution in [2.45, 2.75) is 0 Å². The van der Waals surface area contributed by atoms with Crippen molar-refractivity contribution < 1.29 is 3.07 Å². The molecule has 0 aliphatic rings. The highest BCUT2D eigenvalue weighted by Crippen LogP contribution is 2.14. The molecule has 1 nitrogen and oxygen atoms in total. The molecule has 0 saturated carbocycles. The topological polar surface area (TPSA) is 17.1 Å². The monoisotopic (exact) mass is 298 g/mol. The van der Waals surface area contributed by atoms with E-state index in [1.165, 1.54) is 0 Å². The average molecular weight is 299 g/mol. The van der Waals surface area contributed by atoms with Crippen molar-refractivity contribution in [3.05, 3.63) is 32.3 Å². The molecule has 0 spiro atoms. The molecule has 0 atom stereocenters. The van der Waals surface area contributed by atoms with Crippen LogP contribution in [-0.2, 0) is 3.07 Å². The third kappa shape index (κ3) is 2.14. The first-order chi connectivity index (χ1) is 4.33. The molecule has 0 aliphatic carbocycles. The van der Waals surface area contributed by atoms with Gasteiger partial charge in [0, 0.05) is 8.04 Å². The van der Waals surface area contributed by atoms with Gasteiger partial charge >= 0.3 is 0 Å². The summed E-state index contributed by atoms with van der Waals surface area (Å²) >= 11 is 2.31. The maximum atomic E-state index is 10.3. The fourth-order valence-electron chi connectivity index (χ4n) is 0.481. The van der Waals surface area contributed by atoms with Gasteiger partial charge in [-0.15, -0.1) is 0 Å². The van der Waals surface area contributed by atoms with Gasteiger partial charge in [-0.05, 0) is 24.3 Å². The molecule has 0 aromatic heterocycles. The Hall–Kier alpha value is 0.230. The van der Waals surface area contributed by atoms with Crippen LogP contribution >= 0.6 is 37.1 Å². The lowest BCUT2D eigenvalue weighted by molar-refractivity contribution is 0.648. The van der Waals surface area contributed by atoms with Gasteiger partial charge in [0.1, 0.15) is 0 Å². The molecule has 0 heterocycles. The lowest BCUT2D eigenvalue weighted by Crippen LogP contribution is -1.66. The summed E-state index contributed by atoms with van der Waals surface area (Å²) in [6, 6.07) is 7.52. The number of hydrogen-bond acceptors (Lipinski definition) is 1. The van der Waals surface area contributed by atoms with Crippen LogP contribution in [0.15, 0.2) is 28.7 Å². The zero-order valence-electron chi connectivity index (χ0n) is 4.47. The van der Waals surface area contributed by atoms with Gasteiger partial charge in [0.25, 0.3) is 0 Å². The predicted octanol–water partition coefficient (Wildman–Crippen LogP) is 2.93. The van der Waals surface area contributed by atoms with E-state index in [1.54, 1.807) is 0 Å². The van der Waals surface area contributed by atoms with Crippen molar-refractivity contribution in [1.82, 2.24) is 0 Å². The van der Waals surface area contributed by atoms with Crippen LogP contribution in [0.25, 0.3) is 0 Å². The van der Waals surface area contributed by atoms with Crippen molar-refractivity contribution >= 4 is 37.1 Å². The van der Waals surface area contributed by atoms with Gasteiger partial charge in [-0.25, -0.2) is 0 Å². The zero-order chi connectivity index (χ0) is 6.69. The van der Waals surface area contributed by atoms with E-state index in [1.807, 2.05) is 24.3 Å². The van der Waals surface area contributed by atoms with E-state index in [4.69, 9.17) is 0 Å². The van der Waals surface area contributed by atoms with Gasteiger partial charge < -0.3 is 0 Å². The summed E-state index contributed by atoms with van der Waals surface area (Å²) in [6.45, 7) is 0. The van der Waals surface area contributed by atoms with Crippen LogP contribution in [0.1, 0.15) is 0 Å². The van der Waals surface area contributed by atoms with Gasteiger partial charge in [0.15, 0.2) is 21.2 Å². The molecule has 0 amide bonds. The van der Waals surface area contributed by atoms with Crippen molar-refractivity contribution in [2.24, 2.45) is 0 Å². The van der Waals surface area contributed by atoms with E-state index in [0.29, 0.717) is 0 Å². The molecule has 0 N–H and O–H groups in total. The zero-order valence-corrected chi connectivity index (χ0v) is 8.22. The average Bonchev–Trinajstić information content (AvgIpc) is 1.90. The first kappa shape index (κ1) is 7.34. The number of benzene rings is 1. The molecular formula is C6H4BrIO. The van der Waals surface area contributed by atoms with E-state index >= 15 is 0 Å². The van der Waals surface area contributed by atoms with E-state index in [2.05, 4.69) is 15.9 Å². The van der Waals surface area contributed by atoms with E-state index in [9.17, 15) is 3.07 Å². The number of hydrogen-bond donors (Lipinski definition) is 0. The second kappa shape index (κ2) is 3.41. The molecule has 0 unspecified atom stereocenters. The smallest absolute Gasteiger partial charge is 0.182 e. The predicted molar refractivity (Wildman–Crippen MR) is 47.5 cm³/mol. The van der Waals surface area contributed by atoms with Crippen LogP contribution in [0.3, 0.4) is 0 Å². The summed E-state index contributed by atoms with van der Waals surface area (Å²) in [5, 5.41) is 0. The Labute approximate surface area is 72.2 Å². The van der Waals surface area contributed by atoms with E-state index in [0.717, 1.165) is 8.04 Å². The highest BCUT2D eigenvalue weighted by Gasteiger charge is 1.87. The first-order valence-electron chi connectivity index (χ1n) is 2.35. The Morgan fingerprint density at radius 3 is 2.22 bits per heavy atom. The van der Waals surface area contributed by atoms with Gasteiger partial charge in [0.05, 0.1) is 0 Å². The van der Waals surface area contributed by atoms with Crippen LogP contribution < -0.4 is 0 Å². The lowest BCUT2D eigenvalue weighted by Gasteiger charge is -1.86. The van der Waals surface area contributed by atoms with Crippen molar-refractivity contribution in [2.75, 3.05) is 0 Å². The Kier molecular flexibility index (Phi) is 2.78. The molecule has 0 fully saturated rings. The van der Waals surface area contributed by atoms with Crippen molar-refractivity contribution in [3.8, 4) is 0 Å². The third-order valence-corrected chi connectivity index (χ3v) is 2.65. The normalized spacial score (nSPS) is 9.44. The van der Waals surface area contributed by atoms with Crippen LogP contribution in [0.2, 0.25) is 0 Å². The summed E-state index contributed by atoms with van der Waals surface area (Å²) in [6.07, 6.45) is 0. The first-order valence-corrected chi connectivity index (χ1v) is 5.11. The van der Waals surface area contributed by atoms with E-state index < -0.39 is 21.2 Å². The fraction of sp³-hybridized carbons (Fsp3) is 0. The van der Waals surface area contributed by atoms with Gasteiger partial charge in [0.2, 0.25) is 0 Å². The van der Waals surface area contributed by atoms with Crippen LogP contribution in [0.5, 0.6) is 0 Å². The molecule has 48 valence electrons. The quantitative estimate of drug-likeness (QED) is 0.729. The van der Waals surface area contributed by atoms with Crippen molar-refractivity contribution in [1.29, 1.82) is 0 Å². The van der Waals surface area contributed by atoms with Crippen LogP contribution in [-0.4, -0.2) is 0 Å². The van der Waals surface area contributed by atoms with Gasteiger partial charge in [-0.3, -0.25) is 3.07 Å². The summed E-state index contributed by atoms with van der Waals surface area (Å²) < 4.78 is 12.3. The molecule has 0 saturated heterocycles. The van der Waals surface area contributed by atoms with Crippen LogP contribution in [0.4, 0.5) is 0 Å². The molecule has 0 aliphatic heterocycles. The lowest BCUT2D eigenvalue weighted by atomic mass is 10.4. The van der Waals surface area contributed by atoms with Crippen molar-refractivity contribution in [3.63, 3.8) is 0 Å². The fourth-order valence-corrected chi connectivity index (χ4v) is 1.40. The van der Waals surface area contributed by atoms with E-state index in [-0.39, 0.29) is 0 Å². The standard InChI is InChI=1S/C6H4BrIO/c7-5-1-3-6(8-9)4-2-5/h1-4H. The number of halogens is 2. The van der Waals surface area contributed by atoms with Gasteiger partial charge in [-0.2, -0.15) is 0 Å². The molecule has 9 heavy (non-hydrogen) atoms. The molecule has 0 radical (unpaired) electrons. The number of rotatable bonds is 1. The SMILES string of the molecule is O=Ic1ccc(Br)cc1. The minimum Gasteiger partial charge on any atom is -0.265 e. The summed E-state index contributed by atoms with van der Waals surface area (Å²) in [7, 11) is 0. The summed E-state index contributed by atoms with van der Waals surface area (Å²) in [4.78, 5) is 0. The Morgan fingerprint density at radius 1 is 1.22 bits per heavy atom. The Morgan fingerprint density at radius 2 is 1.78 bits per heavy atom. The highest BCUT2D eigenvalue weighted by molar-refractivity contribution is 14.1. The molecule has 1 aromatic rings. The third-order valence-electron chi connectivity index (χ3n) is 0.893. The Bertz CT molecular complexity index is 207. The maximum Gasteiger partial charge on any atom is 0.182 e. The van der Waals surface area contributed by atoms with Crippen LogP contribution in [0, 0.1) is 3.57 Å². The Balaban J connectivity index is 3.01. The minimum atomic E-state index is -0.974. The summed E-state index contributed by atoms with van der Waals surface area (Å²) in [5.41, 5.74) is 0. The molecule has 1 rings (SSSR count). The largest absolute Gasteiger partial charge is 0.265 e.